The lowest BCUT2D eigenvalue weighted by atomic mass is 9.80. The van der Waals surface area contributed by atoms with Crippen LogP contribution in [-0.4, -0.2) is 22.6 Å². The van der Waals surface area contributed by atoms with Crippen LogP contribution in [-0.2, 0) is 12.0 Å². The van der Waals surface area contributed by atoms with Gasteiger partial charge in [0.25, 0.3) is 0 Å². The number of nitrogens with one attached hydrogen (secondary N) is 1. The number of aromatic nitrogens is 2. The number of benzene rings is 1. The molecule has 0 unspecified atom stereocenters. The second kappa shape index (κ2) is 5.17. The summed E-state index contributed by atoms with van der Waals surface area (Å²) < 4.78 is 16.2. The zero-order valence-corrected chi connectivity index (χ0v) is 12.2. The highest BCUT2D eigenvalue weighted by molar-refractivity contribution is 5.77. The summed E-state index contributed by atoms with van der Waals surface area (Å²) in [5.41, 5.74) is 1.50. The minimum atomic E-state index is -0.212. The Bertz CT molecular complexity index is 611. The molecule has 0 bridgehead atoms. The maximum absolute atomic E-state index is 14.0. The van der Waals surface area contributed by atoms with Crippen LogP contribution in [0.15, 0.2) is 18.2 Å². The molecule has 2 aromatic rings. The normalized spacial score (nSPS) is 18.6. The average molecular weight is 275 g/mol. The zero-order valence-electron chi connectivity index (χ0n) is 12.2. The van der Waals surface area contributed by atoms with Crippen LogP contribution in [0.3, 0.4) is 0 Å². The fourth-order valence-electron chi connectivity index (χ4n) is 3.23. The monoisotopic (exact) mass is 275 g/mol. The van der Waals surface area contributed by atoms with E-state index in [0.29, 0.717) is 5.52 Å². The van der Waals surface area contributed by atoms with E-state index < -0.39 is 0 Å². The molecule has 1 aliphatic heterocycles. The van der Waals surface area contributed by atoms with Gasteiger partial charge in [0.1, 0.15) is 11.3 Å². The number of nitrogens with zero attached hydrogens (tertiary/aromatic N) is 2. The van der Waals surface area contributed by atoms with Crippen molar-refractivity contribution in [2.45, 2.75) is 45.1 Å². The van der Waals surface area contributed by atoms with E-state index >= 15 is 0 Å². The van der Waals surface area contributed by atoms with Crippen LogP contribution in [0, 0.1) is 5.82 Å². The van der Waals surface area contributed by atoms with E-state index in [0.717, 1.165) is 50.2 Å². The Morgan fingerprint density at radius 3 is 2.80 bits per heavy atom. The third kappa shape index (κ3) is 2.12. The number of aryl methyl sites for hydroxylation is 1. The first-order valence-electron chi connectivity index (χ1n) is 7.51. The Kier molecular flexibility index (Phi) is 3.50. The number of rotatable bonds is 3. The number of para-hydroxylation sites is 1. The molecule has 1 saturated heterocycles. The first kappa shape index (κ1) is 13.6. The molecule has 3 nitrogen and oxygen atoms in total. The molecule has 1 fully saturated rings. The Hall–Kier alpha value is -1.42. The summed E-state index contributed by atoms with van der Waals surface area (Å²) in [6.07, 6.45) is 3.15. The highest BCUT2D eigenvalue weighted by Crippen LogP contribution is 2.35. The van der Waals surface area contributed by atoms with E-state index in [4.69, 9.17) is 0 Å². The van der Waals surface area contributed by atoms with E-state index in [1.807, 2.05) is 6.07 Å². The van der Waals surface area contributed by atoms with Crippen molar-refractivity contribution in [2.24, 2.45) is 0 Å². The van der Waals surface area contributed by atoms with E-state index in [-0.39, 0.29) is 11.2 Å². The molecule has 1 aromatic heterocycles. The van der Waals surface area contributed by atoms with Gasteiger partial charge in [-0.25, -0.2) is 9.37 Å². The molecule has 4 heteroatoms. The average Bonchev–Trinajstić information content (AvgIpc) is 2.82. The number of imidazole rings is 1. The molecule has 108 valence electrons. The highest BCUT2D eigenvalue weighted by atomic mass is 19.1. The van der Waals surface area contributed by atoms with Gasteiger partial charge in [-0.05, 0) is 44.5 Å². The molecule has 0 radical (unpaired) electrons. The van der Waals surface area contributed by atoms with Crippen molar-refractivity contribution in [3.8, 4) is 0 Å². The number of fused-ring (bicyclic) bond motifs is 1. The maximum atomic E-state index is 14.0. The fraction of sp³-hybridized carbons (Fsp3) is 0.562. The molecule has 0 aliphatic carbocycles. The van der Waals surface area contributed by atoms with Crippen molar-refractivity contribution in [1.82, 2.24) is 14.9 Å². The van der Waals surface area contributed by atoms with E-state index in [1.54, 1.807) is 6.07 Å². The number of hydrogen-bond acceptors (Lipinski definition) is 2. The van der Waals surface area contributed by atoms with Gasteiger partial charge < -0.3 is 9.88 Å². The first-order chi connectivity index (χ1) is 9.65. The third-order valence-electron chi connectivity index (χ3n) is 4.42. The second-order valence-electron chi connectivity index (χ2n) is 6.01. The Morgan fingerprint density at radius 1 is 1.35 bits per heavy atom. The van der Waals surface area contributed by atoms with Gasteiger partial charge in [0, 0.05) is 12.0 Å². The maximum Gasteiger partial charge on any atom is 0.151 e. The Morgan fingerprint density at radius 2 is 2.10 bits per heavy atom. The molecule has 0 amide bonds. The zero-order chi connectivity index (χ0) is 14.2. The number of piperidine rings is 1. The van der Waals surface area contributed by atoms with E-state index in [2.05, 4.69) is 28.7 Å². The van der Waals surface area contributed by atoms with Crippen LogP contribution in [0.25, 0.3) is 11.0 Å². The van der Waals surface area contributed by atoms with Crippen molar-refractivity contribution < 1.29 is 4.39 Å². The summed E-state index contributed by atoms with van der Waals surface area (Å²) in [4.78, 5) is 4.69. The van der Waals surface area contributed by atoms with Gasteiger partial charge in [-0.3, -0.25) is 0 Å². The molecule has 0 saturated carbocycles. The SMILES string of the molecule is CCCn1c(C2(C)CCNCC2)nc2c(F)cccc21. The molecular weight excluding hydrogens is 253 g/mol. The predicted octanol–water partition coefficient (Wildman–Crippen LogP) is 3.23. The molecule has 1 aliphatic rings. The smallest absolute Gasteiger partial charge is 0.151 e. The van der Waals surface area contributed by atoms with Gasteiger partial charge >= 0.3 is 0 Å². The minimum Gasteiger partial charge on any atom is -0.327 e. The van der Waals surface area contributed by atoms with Crippen LogP contribution < -0.4 is 5.32 Å². The van der Waals surface area contributed by atoms with Crippen molar-refractivity contribution in [2.75, 3.05) is 13.1 Å². The van der Waals surface area contributed by atoms with Crippen LogP contribution in [0.1, 0.15) is 38.9 Å². The topological polar surface area (TPSA) is 29.9 Å². The molecule has 20 heavy (non-hydrogen) atoms. The second-order valence-corrected chi connectivity index (χ2v) is 6.01. The van der Waals surface area contributed by atoms with Crippen molar-refractivity contribution >= 4 is 11.0 Å². The lowest BCUT2D eigenvalue weighted by Gasteiger charge is -2.33. The molecule has 1 aromatic carbocycles. The van der Waals surface area contributed by atoms with Crippen LogP contribution in [0.2, 0.25) is 0 Å². The van der Waals surface area contributed by atoms with E-state index in [1.165, 1.54) is 6.07 Å². The highest BCUT2D eigenvalue weighted by Gasteiger charge is 2.34. The third-order valence-corrected chi connectivity index (χ3v) is 4.42. The standard InChI is InChI=1S/C16H22FN3/c1-3-11-20-13-6-4-5-12(17)14(13)19-15(20)16(2)7-9-18-10-8-16/h4-6,18H,3,7-11H2,1-2H3. The lowest BCUT2D eigenvalue weighted by molar-refractivity contribution is 0.309. The van der Waals surface area contributed by atoms with Gasteiger partial charge in [0.05, 0.1) is 5.52 Å². The minimum absolute atomic E-state index is 0.0475. The molecule has 0 atom stereocenters. The first-order valence-corrected chi connectivity index (χ1v) is 7.51. The predicted molar refractivity (Wildman–Crippen MR) is 79.4 cm³/mol. The summed E-state index contributed by atoms with van der Waals surface area (Å²) in [5.74, 6) is 0.845. The van der Waals surface area contributed by atoms with Crippen molar-refractivity contribution in [3.05, 3.63) is 29.8 Å². The van der Waals surface area contributed by atoms with E-state index in [9.17, 15) is 4.39 Å². The van der Waals surface area contributed by atoms with Gasteiger partial charge in [-0.15, -0.1) is 0 Å². The van der Waals surface area contributed by atoms with Gasteiger partial charge in [-0.2, -0.15) is 0 Å². The van der Waals surface area contributed by atoms with Crippen molar-refractivity contribution in [3.63, 3.8) is 0 Å². The molecule has 0 spiro atoms. The Labute approximate surface area is 119 Å². The summed E-state index contributed by atoms with van der Waals surface area (Å²) in [5, 5.41) is 3.40. The van der Waals surface area contributed by atoms with Gasteiger partial charge in [-0.1, -0.05) is 19.9 Å². The summed E-state index contributed by atoms with van der Waals surface area (Å²) in [7, 11) is 0. The van der Waals surface area contributed by atoms with Gasteiger partial charge in [0.15, 0.2) is 5.82 Å². The quantitative estimate of drug-likeness (QED) is 0.932. The number of hydrogen-bond donors (Lipinski definition) is 1. The summed E-state index contributed by atoms with van der Waals surface area (Å²) in [6.45, 7) is 7.33. The molecule has 3 rings (SSSR count). The molecular formula is C16H22FN3. The lowest BCUT2D eigenvalue weighted by Crippen LogP contribution is -2.39. The Balaban J connectivity index is 2.18. The van der Waals surface area contributed by atoms with Crippen LogP contribution in [0.4, 0.5) is 4.39 Å². The van der Waals surface area contributed by atoms with Crippen LogP contribution in [0.5, 0.6) is 0 Å². The molecule has 1 N–H and O–H groups in total. The summed E-state index contributed by atoms with van der Waals surface area (Å²) in [6, 6.07) is 5.26. The summed E-state index contributed by atoms with van der Waals surface area (Å²) >= 11 is 0. The van der Waals surface area contributed by atoms with Crippen LogP contribution >= 0.6 is 0 Å². The van der Waals surface area contributed by atoms with Gasteiger partial charge in [0.2, 0.25) is 0 Å². The fourth-order valence-corrected chi connectivity index (χ4v) is 3.23. The largest absolute Gasteiger partial charge is 0.327 e. The number of halogens is 1. The molecule has 2 heterocycles. The van der Waals surface area contributed by atoms with Crippen molar-refractivity contribution in [1.29, 1.82) is 0 Å².